The van der Waals surface area contributed by atoms with Crippen LogP contribution in [0.1, 0.15) is 86.4 Å². The Morgan fingerprint density at radius 3 is 2.46 bits per heavy atom. The Hall–Kier alpha value is -4.17. The molecule has 2 aliphatic carbocycles. The fourth-order valence-corrected chi connectivity index (χ4v) is 9.82. The number of aryl methyl sites for hydroxylation is 1. The van der Waals surface area contributed by atoms with Gasteiger partial charge in [-0.25, -0.2) is 9.97 Å². The molecule has 1 spiro atoms. The molecule has 0 radical (unpaired) electrons. The lowest BCUT2D eigenvalue weighted by molar-refractivity contribution is -0.153. The molecule has 4 heterocycles. The fourth-order valence-electron chi connectivity index (χ4n) is 9.82. The third-order valence-corrected chi connectivity index (χ3v) is 12.7. The number of benzene rings is 2. The number of likely N-dealkylation sites (tertiary alicyclic amines) is 1. The standard InChI is InChI=1S/C41H48F3N7O3/c1-4-25-18-28-34(35(54-23-41(42,43)44)33(25)32-24(3)6-7-30-29(32)19-47-50-30)48-37(26-8-15-51(16-9-26)27-10-17-53-20-27)49-36(28)39(45)13-11-38(12-14-39)21-40(46,22-38)31(52)5-2/h4-7,18-19,26-27H,1-2,8-17,20-23,45-46H2,3H3,(H,47,50). The van der Waals surface area contributed by atoms with Gasteiger partial charge in [0, 0.05) is 34.9 Å². The molecule has 2 aliphatic heterocycles. The number of alkyl halides is 3. The molecule has 0 amide bonds. The summed E-state index contributed by atoms with van der Waals surface area (Å²) in [7, 11) is 0. The summed E-state index contributed by atoms with van der Waals surface area (Å²) in [5.74, 6) is 0.416. The van der Waals surface area contributed by atoms with Gasteiger partial charge in [0.05, 0.1) is 35.1 Å². The molecule has 10 nitrogen and oxygen atoms in total. The van der Waals surface area contributed by atoms with Crippen LogP contribution in [0.5, 0.6) is 5.75 Å². The van der Waals surface area contributed by atoms with E-state index in [0.717, 1.165) is 74.9 Å². The van der Waals surface area contributed by atoms with Crippen LogP contribution in [0.25, 0.3) is 39.0 Å². The molecule has 4 fully saturated rings. The number of halogens is 3. The summed E-state index contributed by atoms with van der Waals surface area (Å²) >= 11 is 0. The van der Waals surface area contributed by atoms with Crippen molar-refractivity contribution >= 4 is 33.7 Å². The fraction of sp³-hybridized carbons (Fsp3) is 0.512. The Labute approximate surface area is 312 Å². The Morgan fingerprint density at radius 2 is 1.81 bits per heavy atom. The van der Waals surface area contributed by atoms with Gasteiger partial charge < -0.3 is 20.9 Å². The Balaban J connectivity index is 1.28. The summed E-state index contributed by atoms with van der Waals surface area (Å²) in [6, 6.07) is 6.10. The number of rotatable bonds is 9. The number of hydrogen-bond acceptors (Lipinski definition) is 9. The van der Waals surface area contributed by atoms with E-state index in [2.05, 4.69) is 28.3 Å². The molecule has 13 heteroatoms. The van der Waals surface area contributed by atoms with E-state index in [9.17, 15) is 18.0 Å². The predicted molar refractivity (Wildman–Crippen MR) is 202 cm³/mol. The molecule has 1 unspecified atom stereocenters. The number of hydrogen-bond donors (Lipinski definition) is 3. The minimum absolute atomic E-state index is 0.0210. The van der Waals surface area contributed by atoms with Crippen LogP contribution < -0.4 is 16.2 Å². The van der Waals surface area contributed by atoms with E-state index in [-0.39, 0.29) is 22.9 Å². The first kappa shape index (κ1) is 36.8. The number of H-pyrrole nitrogens is 1. The van der Waals surface area contributed by atoms with Crippen molar-refractivity contribution in [2.75, 3.05) is 32.9 Å². The molecule has 2 aromatic carbocycles. The number of ketones is 1. The molecule has 0 bridgehead atoms. The number of aromatic amines is 1. The summed E-state index contributed by atoms with van der Waals surface area (Å²) in [4.78, 5) is 25.4. The van der Waals surface area contributed by atoms with Crippen LogP contribution in [0.3, 0.4) is 0 Å². The van der Waals surface area contributed by atoms with Crippen molar-refractivity contribution in [2.24, 2.45) is 16.9 Å². The van der Waals surface area contributed by atoms with E-state index in [1.165, 1.54) is 6.08 Å². The lowest BCUT2D eigenvalue weighted by Crippen LogP contribution is -2.64. The quantitative estimate of drug-likeness (QED) is 0.154. The lowest BCUT2D eigenvalue weighted by atomic mass is 9.49. The number of ether oxygens (including phenoxy) is 2. The van der Waals surface area contributed by atoms with Gasteiger partial charge in [-0.3, -0.25) is 14.8 Å². The van der Waals surface area contributed by atoms with Gasteiger partial charge in [0.1, 0.15) is 11.3 Å². The molecular formula is C41H48F3N7O3. The molecule has 2 saturated heterocycles. The van der Waals surface area contributed by atoms with Crippen LogP contribution in [0.15, 0.2) is 43.6 Å². The molecule has 2 aromatic heterocycles. The maximum atomic E-state index is 14.1. The highest BCUT2D eigenvalue weighted by molar-refractivity contribution is 6.05. The minimum Gasteiger partial charge on any atom is -0.481 e. The molecular weight excluding hydrogens is 695 g/mol. The van der Waals surface area contributed by atoms with Crippen LogP contribution >= 0.6 is 0 Å². The molecule has 8 rings (SSSR count). The number of carbonyl (C=O) groups excluding carboxylic acids is 1. The number of nitrogens with zero attached hydrogens (tertiary/aromatic N) is 4. The van der Waals surface area contributed by atoms with Crippen LogP contribution in [-0.4, -0.2) is 81.5 Å². The molecule has 4 aliphatic rings. The first-order chi connectivity index (χ1) is 25.8. The summed E-state index contributed by atoms with van der Waals surface area (Å²) in [5.41, 5.74) is 16.2. The highest BCUT2D eigenvalue weighted by Gasteiger charge is 2.58. The summed E-state index contributed by atoms with van der Waals surface area (Å²) in [6.45, 7) is 11.3. The second-order valence-corrected chi connectivity index (χ2v) is 16.3. The molecule has 286 valence electrons. The van der Waals surface area contributed by atoms with E-state index in [4.69, 9.17) is 30.9 Å². The third kappa shape index (κ3) is 6.42. The molecule has 4 aromatic rings. The van der Waals surface area contributed by atoms with Gasteiger partial charge >= 0.3 is 6.18 Å². The number of aromatic nitrogens is 4. The first-order valence-corrected chi connectivity index (χ1v) is 19.0. The summed E-state index contributed by atoms with van der Waals surface area (Å²) < 4.78 is 53.8. The zero-order valence-electron chi connectivity index (χ0n) is 30.7. The van der Waals surface area contributed by atoms with E-state index in [1.807, 2.05) is 25.1 Å². The zero-order chi connectivity index (χ0) is 38.0. The highest BCUT2D eigenvalue weighted by Crippen LogP contribution is 2.59. The molecule has 54 heavy (non-hydrogen) atoms. The van der Waals surface area contributed by atoms with Gasteiger partial charge in [0.15, 0.2) is 18.1 Å². The van der Waals surface area contributed by atoms with Gasteiger partial charge in [0.2, 0.25) is 0 Å². The van der Waals surface area contributed by atoms with Gasteiger partial charge in [-0.2, -0.15) is 18.3 Å². The number of piperidine rings is 1. The monoisotopic (exact) mass is 743 g/mol. The number of nitrogens with two attached hydrogens (primary N) is 2. The van der Waals surface area contributed by atoms with Crippen LogP contribution in [0.2, 0.25) is 0 Å². The highest BCUT2D eigenvalue weighted by atomic mass is 19.4. The Morgan fingerprint density at radius 1 is 1.07 bits per heavy atom. The summed E-state index contributed by atoms with van der Waals surface area (Å²) in [6.07, 6.45) is 6.34. The SMILES string of the molecule is C=CC(=O)C1(N)CC2(CCC(N)(c3nc(C4CCN(C5CCOC5)CC4)nc4c(OCC(F)(F)F)c(-c5c(C)ccc6[nH]ncc56)c(C=C)cc34)CC2)C1. The van der Waals surface area contributed by atoms with E-state index in [0.29, 0.717) is 70.8 Å². The maximum Gasteiger partial charge on any atom is 0.422 e. The first-order valence-electron chi connectivity index (χ1n) is 19.0. The van der Waals surface area contributed by atoms with Crippen molar-refractivity contribution in [2.45, 2.75) is 93.9 Å². The summed E-state index contributed by atoms with van der Waals surface area (Å²) in [5, 5.41) is 8.53. The van der Waals surface area contributed by atoms with Crippen LogP contribution in [-0.2, 0) is 15.1 Å². The smallest absolute Gasteiger partial charge is 0.422 e. The maximum absolute atomic E-state index is 14.1. The van der Waals surface area contributed by atoms with Crippen molar-refractivity contribution in [3.8, 4) is 16.9 Å². The topological polar surface area (TPSA) is 145 Å². The van der Waals surface area contributed by atoms with Gasteiger partial charge in [-0.05, 0) is 118 Å². The minimum atomic E-state index is -4.61. The van der Waals surface area contributed by atoms with Crippen molar-refractivity contribution in [3.05, 3.63) is 66.3 Å². The van der Waals surface area contributed by atoms with Gasteiger partial charge in [-0.1, -0.05) is 25.3 Å². The van der Waals surface area contributed by atoms with E-state index >= 15 is 0 Å². The predicted octanol–water partition coefficient (Wildman–Crippen LogP) is 6.99. The Bertz CT molecular complexity index is 2120. The normalized spacial score (nSPS) is 28.1. The average molecular weight is 744 g/mol. The number of fused-ring (bicyclic) bond motifs is 2. The van der Waals surface area contributed by atoms with Crippen molar-refractivity contribution in [1.29, 1.82) is 0 Å². The van der Waals surface area contributed by atoms with Crippen molar-refractivity contribution < 1.29 is 27.4 Å². The lowest BCUT2D eigenvalue weighted by Gasteiger charge is -2.57. The van der Waals surface area contributed by atoms with Crippen LogP contribution in [0.4, 0.5) is 13.2 Å². The average Bonchev–Trinajstić information content (AvgIpc) is 3.86. The van der Waals surface area contributed by atoms with Crippen LogP contribution in [0, 0.1) is 12.3 Å². The van der Waals surface area contributed by atoms with E-state index in [1.54, 1.807) is 12.3 Å². The van der Waals surface area contributed by atoms with Gasteiger partial charge in [0.25, 0.3) is 0 Å². The molecule has 1 atom stereocenters. The largest absolute Gasteiger partial charge is 0.481 e. The van der Waals surface area contributed by atoms with E-state index < -0.39 is 23.9 Å². The number of nitrogens with one attached hydrogen (secondary N) is 1. The number of carbonyl (C=O) groups is 1. The second kappa shape index (κ2) is 13.5. The van der Waals surface area contributed by atoms with Crippen molar-refractivity contribution in [3.63, 3.8) is 0 Å². The molecule has 5 N–H and O–H groups in total. The zero-order valence-corrected chi connectivity index (χ0v) is 30.7. The molecule has 2 saturated carbocycles. The Kier molecular flexibility index (Phi) is 9.22. The van der Waals surface area contributed by atoms with Crippen molar-refractivity contribution in [1.82, 2.24) is 25.1 Å². The second-order valence-electron chi connectivity index (χ2n) is 16.3. The van der Waals surface area contributed by atoms with Gasteiger partial charge in [-0.15, -0.1) is 0 Å². The third-order valence-electron chi connectivity index (χ3n) is 12.7.